The summed E-state index contributed by atoms with van der Waals surface area (Å²) >= 11 is 4.71. The number of Topliss-reactive ketones (excluding diaryl/α,β-unsaturated/α-hetero) is 2. The Morgan fingerprint density at radius 3 is 1.59 bits per heavy atom. The minimum Gasteiger partial charge on any atom is -0.294 e. The fourth-order valence-corrected chi connectivity index (χ4v) is 5.50. The first-order valence-electron chi connectivity index (χ1n) is 5.04. The van der Waals surface area contributed by atoms with Crippen LogP contribution in [0.15, 0.2) is 12.1 Å². The van der Waals surface area contributed by atoms with Crippen molar-refractivity contribution in [3.63, 3.8) is 0 Å². The fourth-order valence-electron chi connectivity index (χ4n) is 1.68. The molecular weight excluding hydrogens is 272 g/mol. The summed E-state index contributed by atoms with van der Waals surface area (Å²) in [5.41, 5.74) is 0. The predicted molar refractivity (Wildman–Crippen MR) is 75.1 cm³/mol. The maximum absolute atomic E-state index is 11.3. The molecule has 0 atom stereocenters. The van der Waals surface area contributed by atoms with Crippen LogP contribution in [-0.4, -0.2) is 11.6 Å². The minimum absolute atomic E-state index is 0.106. The first-order valence-corrected chi connectivity index (χ1v) is 7.49. The van der Waals surface area contributed by atoms with E-state index in [1.165, 1.54) is 22.7 Å². The van der Waals surface area contributed by atoms with E-state index in [0.717, 1.165) is 28.6 Å². The van der Waals surface area contributed by atoms with Gasteiger partial charge in [0.2, 0.25) is 0 Å². The molecule has 0 aliphatic rings. The van der Waals surface area contributed by atoms with Crippen molar-refractivity contribution < 1.29 is 9.59 Å². The maximum atomic E-state index is 11.3. The summed E-state index contributed by atoms with van der Waals surface area (Å²) in [6, 6.07) is 3.90. The summed E-state index contributed by atoms with van der Waals surface area (Å²) in [5, 5.41) is 0. The largest absolute Gasteiger partial charge is 0.294 e. The zero-order valence-corrected chi connectivity index (χ0v) is 11.6. The van der Waals surface area contributed by atoms with E-state index in [1.807, 2.05) is 12.1 Å². The molecule has 0 fully saturated rings. The van der Waals surface area contributed by atoms with Gasteiger partial charge in [0.1, 0.15) is 0 Å². The highest BCUT2D eigenvalue weighted by Crippen LogP contribution is 2.43. The molecule has 0 spiro atoms. The Morgan fingerprint density at radius 1 is 0.824 bits per heavy atom. The number of ketones is 2. The predicted octanol–water partition coefficient (Wildman–Crippen LogP) is 4.58. The molecular formula is C12H8O2S3. The molecule has 0 saturated carbocycles. The van der Waals surface area contributed by atoms with Crippen LogP contribution in [0.3, 0.4) is 0 Å². The third-order valence-electron chi connectivity index (χ3n) is 2.52. The number of hydrogen-bond acceptors (Lipinski definition) is 5. The van der Waals surface area contributed by atoms with Gasteiger partial charge in [0.25, 0.3) is 0 Å². The van der Waals surface area contributed by atoms with Gasteiger partial charge in [-0.2, -0.15) is 0 Å². The summed E-state index contributed by atoms with van der Waals surface area (Å²) in [6.07, 6.45) is 0. The van der Waals surface area contributed by atoms with Crippen LogP contribution < -0.4 is 0 Å². The highest BCUT2D eigenvalue weighted by atomic mass is 32.1. The summed E-state index contributed by atoms with van der Waals surface area (Å²) in [6.45, 7) is 3.17. The highest BCUT2D eigenvalue weighted by Gasteiger charge is 2.15. The molecule has 0 aliphatic carbocycles. The number of carbonyl (C=O) groups is 2. The monoisotopic (exact) mass is 280 g/mol. The van der Waals surface area contributed by atoms with Crippen molar-refractivity contribution in [3.05, 3.63) is 21.9 Å². The summed E-state index contributed by atoms with van der Waals surface area (Å²) in [7, 11) is 0. The van der Waals surface area contributed by atoms with Crippen LogP contribution in [0, 0.1) is 0 Å². The molecule has 3 rings (SSSR count). The van der Waals surface area contributed by atoms with Crippen LogP contribution in [0.4, 0.5) is 0 Å². The third-order valence-corrected chi connectivity index (χ3v) is 6.49. The molecule has 0 radical (unpaired) electrons. The Balaban J connectivity index is 2.30. The van der Waals surface area contributed by atoms with Crippen molar-refractivity contribution in [2.24, 2.45) is 0 Å². The summed E-state index contributed by atoms with van der Waals surface area (Å²) in [5.74, 6) is 0.213. The molecule has 3 heterocycles. The Labute approximate surface area is 109 Å². The lowest BCUT2D eigenvalue weighted by atomic mass is 10.3. The number of rotatable bonds is 2. The van der Waals surface area contributed by atoms with Crippen LogP contribution in [0.25, 0.3) is 18.8 Å². The summed E-state index contributed by atoms with van der Waals surface area (Å²) < 4.78 is 4.59. The molecule has 5 heteroatoms. The molecule has 3 aromatic rings. The minimum atomic E-state index is 0.106. The van der Waals surface area contributed by atoms with Gasteiger partial charge in [0.15, 0.2) is 11.6 Å². The van der Waals surface area contributed by atoms with E-state index in [1.54, 1.807) is 25.2 Å². The quantitative estimate of drug-likeness (QED) is 0.644. The third kappa shape index (κ3) is 1.66. The lowest BCUT2D eigenvalue weighted by molar-refractivity contribution is 0.101. The van der Waals surface area contributed by atoms with Crippen molar-refractivity contribution in [1.29, 1.82) is 0 Å². The van der Waals surface area contributed by atoms with Crippen LogP contribution in [0.5, 0.6) is 0 Å². The number of thiophene rings is 3. The average molecular weight is 280 g/mol. The molecule has 3 aromatic heterocycles. The van der Waals surface area contributed by atoms with Crippen molar-refractivity contribution in [2.45, 2.75) is 13.8 Å². The van der Waals surface area contributed by atoms with Gasteiger partial charge < -0.3 is 0 Å². The molecule has 86 valence electrons. The lowest BCUT2D eigenvalue weighted by Crippen LogP contribution is -1.83. The maximum Gasteiger partial charge on any atom is 0.169 e. The van der Waals surface area contributed by atoms with Gasteiger partial charge in [0, 0.05) is 9.40 Å². The molecule has 0 saturated heterocycles. The van der Waals surface area contributed by atoms with Crippen LogP contribution in [0.1, 0.15) is 33.2 Å². The van der Waals surface area contributed by atoms with Gasteiger partial charge in [-0.1, -0.05) is 0 Å². The van der Waals surface area contributed by atoms with Gasteiger partial charge in [0.05, 0.1) is 19.2 Å². The van der Waals surface area contributed by atoms with Gasteiger partial charge in [-0.05, 0) is 26.0 Å². The van der Waals surface area contributed by atoms with E-state index in [-0.39, 0.29) is 11.6 Å². The lowest BCUT2D eigenvalue weighted by Gasteiger charge is -1.83. The van der Waals surface area contributed by atoms with Crippen LogP contribution in [-0.2, 0) is 0 Å². The Morgan fingerprint density at radius 2 is 1.24 bits per heavy atom. The molecule has 0 aliphatic heterocycles. The van der Waals surface area contributed by atoms with Crippen molar-refractivity contribution in [2.75, 3.05) is 0 Å². The molecule has 0 amide bonds. The highest BCUT2D eigenvalue weighted by molar-refractivity contribution is 7.39. The van der Waals surface area contributed by atoms with Crippen molar-refractivity contribution >= 4 is 64.4 Å². The average Bonchev–Trinajstić information content (AvgIpc) is 2.84. The second-order valence-electron chi connectivity index (χ2n) is 3.82. The van der Waals surface area contributed by atoms with E-state index in [9.17, 15) is 9.59 Å². The molecule has 0 unspecified atom stereocenters. The second kappa shape index (κ2) is 3.73. The number of fused-ring (bicyclic) bond motifs is 3. The first kappa shape index (κ1) is 11.1. The Kier molecular flexibility index (Phi) is 2.43. The van der Waals surface area contributed by atoms with Crippen molar-refractivity contribution in [1.82, 2.24) is 0 Å². The van der Waals surface area contributed by atoms with Gasteiger partial charge in [-0.25, -0.2) is 0 Å². The Bertz CT molecular complexity index is 694. The molecule has 0 bridgehead atoms. The summed E-state index contributed by atoms with van der Waals surface area (Å²) in [4.78, 5) is 24.2. The van der Waals surface area contributed by atoms with E-state index in [4.69, 9.17) is 0 Å². The van der Waals surface area contributed by atoms with Gasteiger partial charge in [-0.3, -0.25) is 9.59 Å². The molecule has 0 aromatic carbocycles. The zero-order chi connectivity index (χ0) is 12.2. The number of hydrogen-bond donors (Lipinski definition) is 0. The Hall–Kier alpha value is -1.04. The van der Waals surface area contributed by atoms with Crippen LogP contribution in [0.2, 0.25) is 0 Å². The van der Waals surface area contributed by atoms with E-state index >= 15 is 0 Å². The smallest absolute Gasteiger partial charge is 0.169 e. The molecule has 0 N–H and O–H groups in total. The topological polar surface area (TPSA) is 34.1 Å². The van der Waals surface area contributed by atoms with E-state index in [0.29, 0.717) is 0 Å². The van der Waals surface area contributed by atoms with Gasteiger partial charge in [-0.15, -0.1) is 34.0 Å². The van der Waals surface area contributed by atoms with E-state index < -0.39 is 0 Å². The molecule has 2 nitrogen and oxygen atoms in total. The van der Waals surface area contributed by atoms with Crippen molar-refractivity contribution in [3.8, 4) is 0 Å². The normalized spacial score (nSPS) is 11.4. The zero-order valence-electron chi connectivity index (χ0n) is 9.20. The second-order valence-corrected chi connectivity index (χ2v) is 7.01. The van der Waals surface area contributed by atoms with Gasteiger partial charge >= 0.3 is 0 Å². The standard InChI is InChI=1S/C12H8O2S3/c1-5(13)7-3-9-11(16-7)12-10(15-9)4-8(17-12)6(2)14/h3-4H,1-2H3. The van der Waals surface area contributed by atoms with E-state index in [2.05, 4.69) is 0 Å². The fraction of sp³-hybridized carbons (Fsp3) is 0.167. The SMILES string of the molecule is CC(=O)c1cc2sc3cc(C(C)=O)sc3c2s1. The molecule has 17 heavy (non-hydrogen) atoms. The number of carbonyl (C=O) groups excluding carboxylic acids is 2. The first-order chi connectivity index (χ1) is 8.06. The van der Waals surface area contributed by atoms with Crippen LogP contribution >= 0.6 is 34.0 Å².